The van der Waals surface area contributed by atoms with Crippen molar-refractivity contribution in [1.29, 1.82) is 0 Å². The van der Waals surface area contributed by atoms with Crippen molar-refractivity contribution in [3.05, 3.63) is 30.1 Å². The second-order valence-electron chi connectivity index (χ2n) is 5.01. The molecule has 1 atom stereocenters. The molecule has 1 aromatic heterocycles. The largest absolute Gasteiger partial charge is 0.379 e. The quantitative estimate of drug-likeness (QED) is 0.828. The SMILES string of the molecule is CCCc1nc2ccccc2n1C1CCCOC1. The molecule has 0 radical (unpaired) electrons. The van der Waals surface area contributed by atoms with Gasteiger partial charge in [-0.1, -0.05) is 19.1 Å². The lowest BCUT2D eigenvalue weighted by Gasteiger charge is -2.25. The van der Waals surface area contributed by atoms with Crippen molar-refractivity contribution < 1.29 is 4.74 Å². The minimum absolute atomic E-state index is 0.465. The Kier molecular flexibility index (Phi) is 3.33. The van der Waals surface area contributed by atoms with E-state index < -0.39 is 0 Å². The molecule has 96 valence electrons. The van der Waals surface area contributed by atoms with Crippen molar-refractivity contribution in [3.63, 3.8) is 0 Å². The van der Waals surface area contributed by atoms with Gasteiger partial charge in [0, 0.05) is 13.0 Å². The summed E-state index contributed by atoms with van der Waals surface area (Å²) in [7, 11) is 0. The number of aromatic nitrogens is 2. The van der Waals surface area contributed by atoms with Crippen LogP contribution in [0, 0.1) is 0 Å². The van der Waals surface area contributed by atoms with Crippen molar-refractivity contribution in [2.75, 3.05) is 13.2 Å². The van der Waals surface area contributed by atoms with Crippen LogP contribution >= 0.6 is 0 Å². The topological polar surface area (TPSA) is 27.1 Å². The molecule has 0 aliphatic carbocycles. The lowest BCUT2D eigenvalue weighted by Crippen LogP contribution is -2.22. The molecule has 1 aliphatic rings. The molecular formula is C15H20N2O. The number of fused-ring (bicyclic) bond motifs is 1. The van der Waals surface area contributed by atoms with Crippen LogP contribution in [0.4, 0.5) is 0 Å². The van der Waals surface area contributed by atoms with E-state index in [1.807, 2.05) is 0 Å². The third kappa shape index (κ3) is 2.03. The van der Waals surface area contributed by atoms with Crippen molar-refractivity contribution in [1.82, 2.24) is 9.55 Å². The molecular weight excluding hydrogens is 224 g/mol. The number of hydrogen-bond donors (Lipinski definition) is 0. The molecule has 0 bridgehead atoms. The molecule has 0 spiro atoms. The zero-order valence-corrected chi connectivity index (χ0v) is 10.9. The molecule has 0 amide bonds. The summed E-state index contributed by atoms with van der Waals surface area (Å²) in [6.07, 6.45) is 4.54. The summed E-state index contributed by atoms with van der Waals surface area (Å²) >= 11 is 0. The Bertz CT molecular complexity index is 526. The molecule has 1 aliphatic heterocycles. The molecule has 2 aromatic rings. The number of hydrogen-bond acceptors (Lipinski definition) is 2. The first kappa shape index (κ1) is 11.7. The Hall–Kier alpha value is -1.35. The van der Waals surface area contributed by atoms with Gasteiger partial charge in [0.15, 0.2) is 0 Å². The van der Waals surface area contributed by atoms with Crippen LogP contribution in [0.1, 0.15) is 38.1 Å². The van der Waals surface area contributed by atoms with Gasteiger partial charge < -0.3 is 9.30 Å². The maximum absolute atomic E-state index is 5.64. The molecule has 1 unspecified atom stereocenters. The first-order chi connectivity index (χ1) is 8.90. The highest BCUT2D eigenvalue weighted by molar-refractivity contribution is 5.76. The van der Waals surface area contributed by atoms with Gasteiger partial charge >= 0.3 is 0 Å². The Balaban J connectivity index is 2.07. The highest BCUT2D eigenvalue weighted by Gasteiger charge is 2.21. The summed E-state index contributed by atoms with van der Waals surface area (Å²) in [4.78, 5) is 4.79. The first-order valence-corrected chi connectivity index (χ1v) is 6.93. The maximum atomic E-state index is 5.64. The average Bonchev–Trinajstić information content (AvgIpc) is 2.78. The van der Waals surface area contributed by atoms with Gasteiger partial charge in [-0.05, 0) is 31.4 Å². The van der Waals surface area contributed by atoms with Crippen LogP contribution in [-0.2, 0) is 11.2 Å². The number of imidazole rings is 1. The Morgan fingerprint density at radius 1 is 1.39 bits per heavy atom. The predicted octanol–water partition coefficient (Wildman–Crippen LogP) is 3.34. The Morgan fingerprint density at radius 2 is 2.28 bits per heavy atom. The highest BCUT2D eigenvalue weighted by atomic mass is 16.5. The molecule has 3 nitrogen and oxygen atoms in total. The molecule has 1 fully saturated rings. The van der Waals surface area contributed by atoms with Crippen LogP contribution < -0.4 is 0 Å². The Labute approximate surface area is 108 Å². The monoisotopic (exact) mass is 244 g/mol. The lowest BCUT2D eigenvalue weighted by molar-refractivity contribution is 0.0595. The van der Waals surface area contributed by atoms with Gasteiger partial charge in [-0.15, -0.1) is 0 Å². The summed E-state index contributed by atoms with van der Waals surface area (Å²) in [6.45, 7) is 3.95. The summed E-state index contributed by atoms with van der Waals surface area (Å²) in [5.41, 5.74) is 2.38. The smallest absolute Gasteiger partial charge is 0.110 e. The van der Waals surface area contributed by atoms with Crippen molar-refractivity contribution in [2.24, 2.45) is 0 Å². The van der Waals surface area contributed by atoms with Crippen LogP contribution in [0.25, 0.3) is 11.0 Å². The third-order valence-corrected chi connectivity index (χ3v) is 3.64. The van der Waals surface area contributed by atoms with E-state index in [0.717, 1.165) is 38.0 Å². The summed E-state index contributed by atoms with van der Waals surface area (Å²) in [6, 6.07) is 8.91. The minimum Gasteiger partial charge on any atom is -0.379 e. The number of rotatable bonds is 3. The van der Waals surface area contributed by atoms with Gasteiger partial charge in [0.2, 0.25) is 0 Å². The summed E-state index contributed by atoms with van der Waals surface area (Å²) in [5.74, 6) is 1.22. The number of ether oxygens (including phenoxy) is 1. The van der Waals surface area contributed by atoms with Crippen molar-refractivity contribution in [2.45, 2.75) is 38.6 Å². The maximum Gasteiger partial charge on any atom is 0.110 e. The van der Waals surface area contributed by atoms with E-state index in [4.69, 9.17) is 9.72 Å². The zero-order chi connectivity index (χ0) is 12.4. The average molecular weight is 244 g/mol. The van der Waals surface area contributed by atoms with Gasteiger partial charge in [0.25, 0.3) is 0 Å². The molecule has 3 rings (SSSR count). The number of aryl methyl sites for hydroxylation is 1. The van der Waals surface area contributed by atoms with Gasteiger partial charge in [-0.2, -0.15) is 0 Å². The molecule has 0 saturated carbocycles. The predicted molar refractivity (Wildman–Crippen MR) is 72.8 cm³/mol. The van der Waals surface area contributed by atoms with Crippen LogP contribution in [0.5, 0.6) is 0 Å². The normalized spacial score (nSPS) is 20.4. The molecule has 3 heteroatoms. The number of para-hydroxylation sites is 2. The van der Waals surface area contributed by atoms with Gasteiger partial charge in [-0.25, -0.2) is 4.98 Å². The second-order valence-corrected chi connectivity index (χ2v) is 5.01. The van der Waals surface area contributed by atoms with Crippen LogP contribution in [-0.4, -0.2) is 22.8 Å². The summed E-state index contributed by atoms with van der Waals surface area (Å²) < 4.78 is 8.05. The lowest BCUT2D eigenvalue weighted by atomic mass is 10.1. The van der Waals surface area contributed by atoms with Gasteiger partial charge in [0.1, 0.15) is 5.82 Å². The van der Waals surface area contributed by atoms with E-state index in [9.17, 15) is 0 Å². The van der Waals surface area contributed by atoms with Crippen molar-refractivity contribution >= 4 is 11.0 Å². The third-order valence-electron chi connectivity index (χ3n) is 3.64. The number of nitrogens with zero attached hydrogens (tertiary/aromatic N) is 2. The highest BCUT2D eigenvalue weighted by Crippen LogP contribution is 2.27. The van der Waals surface area contributed by atoms with Crippen LogP contribution in [0.3, 0.4) is 0 Å². The van der Waals surface area contributed by atoms with Crippen LogP contribution in [0.15, 0.2) is 24.3 Å². The first-order valence-electron chi connectivity index (χ1n) is 6.93. The van der Waals surface area contributed by atoms with E-state index in [2.05, 4.69) is 35.8 Å². The molecule has 2 heterocycles. The van der Waals surface area contributed by atoms with E-state index in [0.29, 0.717) is 6.04 Å². The van der Waals surface area contributed by atoms with Crippen molar-refractivity contribution in [3.8, 4) is 0 Å². The fraction of sp³-hybridized carbons (Fsp3) is 0.533. The van der Waals surface area contributed by atoms with E-state index in [1.165, 1.54) is 17.8 Å². The summed E-state index contributed by atoms with van der Waals surface area (Å²) in [5, 5.41) is 0. The molecule has 1 aromatic carbocycles. The van der Waals surface area contributed by atoms with Gasteiger partial charge in [-0.3, -0.25) is 0 Å². The zero-order valence-electron chi connectivity index (χ0n) is 10.9. The van der Waals surface area contributed by atoms with Gasteiger partial charge in [0.05, 0.1) is 23.7 Å². The van der Waals surface area contributed by atoms with E-state index >= 15 is 0 Å². The fourth-order valence-corrected chi connectivity index (χ4v) is 2.83. The van der Waals surface area contributed by atoms with E-state index in [-0.39, 0.29) is 0 Å². The molecule has 0 N–H and O–H groups in total. The number of benzene rings is 1. The van der Waals surface area contributed by atoms with E-state index in [1.54, 1.807) is 0 Å². The standard InChI is InChI=1S/C15H20N2O/c1-2-6-15-16-13-8-3-4-9-14(13)17(15)12-7-5-10-18-11-12/h3-4,8-9,12H,2,5-7,10-11H2,1H3. The second kappa shape index (κ2) is 5.11. The fourth-order valence-electron chi connectivity index (χ4n) is 2.83. The molecule has 1 saturated heterocycles. The van der Waals surface area contributed by atoms with Crippen LogP contribution in [0.2, 0.25) is 0 Å². The molecule has 18 heavy (non-hydrogen) atoms. The minimum atomic E-state index is 0.465. The Morgan fingerprint density at radius 3 is 3.06 bits per heavy atom.